The summed E-state index contributed by atoms with van der Waals surface area (Å²) in [5.41, 5.74) is 5.19. The average molecular weight is 459 g/mol. The van der Waals surface area contributed by atoms with Gasteiger partial charge in [0.25, 0.3) is 0 Å². The van der Waals surface area contributed by atoms with Crippen LogP contribution in [-0.4, -0.2) is 38.6 Å². The SMILES string of the molecule is O=C(C1CC1)N(Cc1nn(-c2ccccc2)c2c1CN(Cc1ccccc1F)CC2)CC1CC1. The van der Waals surface area contributed by atoms with Gasteiger partial charge in [-0.2, -0.15) is 5.10 Å². The molecule has 2 heterocycles. The molecule has 34 heavy (non-hydrogen) atoms. The molecule has 5 nitrogen and oxygen atoms in total. The van der Waals surface area contributed by atoms with Crippen LogP contribution in [0.3, 0.4) is 0 Å². The highest BCUT2D eigenvalue weighted by atomic mass is 19.1. The number of halogens is 1. The van der Waals surface area contributed by atoms with Crippen LogP contribution in [0.2, 0.25) is 0 Å². The zero-order chi connectivity index (χ0) is 23.1. The van der Waals surface area contributed by atoms with Crippen LogP contribution < -0.4 is 0 Å². The molecule has 176 valence electrons. The Morgan fingerprint density at radius 2 is 1.79 bits per heavy atom. The minimum atomic E-state index is -0.154. The molecule has 0 unspecified atom stereocenters. The lowest BCUT2D eigenvalue weighted by Crippen LogP contribution is -2.35. The van der Waals surface area contributed by atoms with Gasteiger partial charge >= 0.3 is 0 Å². The van der Waals surface area contributed by atoms with E-state index in [1.807, 2.05) is 30.3 Å². The smallest absolute Gasteiger partial charge is 0.226 e. The molecule has 0 spiro atoms. The summed E-state index contributed by atoms with van der Waals surface area (Å²) in [6.45, 7) is 3.57. The summed E-state index contributed by atoms with van der Waals surface area (Å²) in [6, 6.07) is 17.3. The number of fused-ring (bicyclic) bond motifs is 1. The maximum Gasteiger partial charge on any atom is 0.226 e. The number of nitrogens with zero attached hydrogens (tertiary/aromatic N) is 4. The lowest BCUT2D eigenvalue weighted by molar-refractivity contribution is -0.133. The first-order valence-corrected chi connectivity index (χ1v) is 12.6. The Morgan fingerprint density at radius 1 is 1.03 bits per heavy atom. The first-order valence-electron chi connectivity index (χ1n) is 12.6. The van der Waals surface area contributed by atoms with Crippen LogP contribution in [0.15, 0.2) is 54.6 Å². The molecule has 6 heteroatoms. The topological polar surface area (TPSA) is 41.4 Å². The Kier molecular flexibility index (Phi) is 5.69. The fraction of sp³-hybridized carbons (Fsp3) is 0.429. The van der Waals surface area contributed by atoms with Crippen molar-refractivity contribution in [3.05, 3.63) is 82.9 Å². The number of para-hydroxylation sites is 1. The van der Waals surface area contributed by atoms with Crippen molar-refractivity contribution in [1.29, 1.82) is 0 Å². The molecule has 6 rings (SSSR count). The molecular formula is C28H31FN4O. The van der Waals surface area contributed by atoms with Gasteiger partial charge in [-0.05, 0) is 49.8 Å². The molecule has 2 aliphatic carbocycles. The molecule has 0 bridgehead atoms. The quantitative estimate of drug-likeness (QED) is 0.491. The minimum Gasteiger partial charge on any atom is -0.336 e. The van der Waals surface area contributed by atoms with Gasteiger partial charge in [0.15, 0.2) is 0 Å². The van der Waals surface area contributed by atoms with E-state index in [0.717, 1.165) is 55.8 Å². The Morgan fingerprint density at radius 3 is 2.53 bits per heavy atom. The summed E-state index contributed by atoms with van der Waals surface area (Å²) in [4.78, 5) is 17.5. The van der Waals surface area contributed by atoms with Crippen molar-refractivity contribution in [2.75, 3.05) is 13.1 Å². The molecular weight excluding hydrogens is 427 g/mol. The van der Waals surface area contributed by atoms with Crippen LogP contribution in [0.5, 0.6) is 0 Å². The van der Waals surface area contributed by atoms with E-state index in [-0.39, 0.29) is 11.7 Å². The number of amides is 1. The van der Waals surface area contributed by atoms with Crippen molar-refractivity contribution in [1.82, 2.24) is 19.6 Å². The van der Waals surface area contributed by atoms with Crippen LogP contribution in [0.25, 0.3) is 5.69 Å². The predicted octanol–water partition coefficient (Wildman–Crippen LogP) is 4.72. The molecule has 0 radical (unpaired) electrons. The Labute approximate surface area is 200 Å². The van der Waals surface area contributed by atoms with Crippen LogP contribution in [0.4, 0.5) is 4.39 Å². The normalized spacial score (nSPS) is 18.0. The highest BCUT2D eigenvalue weighted by molar-refractivity contribution is 5.81. The molecule has 2 saturated carbocycles. The number of rotatable bonds is 8. The Balaban J connectivity index is 1.31. The first kappa shape index (κ1) is 21.5. The molecule has 1 aromatic heterocycles. The lowest BCUT2D eigenvalue weighted by Gasteiger charge is -2.29. The third-order valence-corrected chi connectivity index (χ3v) is 7.33. The molecule has 1 amide bonds. The van der Waals surface area contributed by atoms with E-state index in [1.54, 1.807) is 6.07 Å². The average Bonchev–Trinajstić information content (AvgIpc) is 3.79. The predicted molar refractivity (Wildman–Crippen MR) is 129 cm³/mol. The van der Waals surface area contributed by atoms with Gasteiger partial charge in [0.2, 0.25) is 5.91 Å². The van der Waals surface area contributed by atoms with Gasteiger partial charge in [0, 0.05) is 49.6 Å². The monoisotopic (exact) mass is 458 g/mol. The van der Waals surface area contributed by atoms with Gasteiger partial charge in [-0.1, -0.05) is 36.4 Å². The van der Waals surface area contributed by atoms with Crippen LogP contribution in [0, 0.1) is 17.7 Å². The molecule has 3 aromatic rings. The van der Waals surface area contributed by atoms with E-state index in [1.165, 1.54) is 30.2 Å². The van der Waals surface area contributed by atoms with Crippen molar-refractivity contribution >= 4 is 5.91 Å². The van der Waals surface area contributed by atoms with Gasteiger partial charge < -0.3 is 4.90 Å². The number of aromatic nitrogens is 2. The van der Waals surface area contributed by atoms with Gasteiger partial charge in [-0.3, -0.25) is 9.69 Å². The van der Waals surface area contributed by atoms with Crippen molar-refractivity contribution in [3.8, 4) is 5.69 Å². The Hall–Kier alpha value is -2.99. The van der Waals surface area contributed by atoms with Crippen LogP contribution in [-0.2, 0) is 30.8 Å². The highest BCUT2D eigenvalue weighted by Gasteiger charge is 2.37. The third-order valence-electron chi connectivity index (χ3n) is 7.33. The van der Waals surface area contributed by atoms with Crippen molar-refractivity contribution in [2.24, 2.45) is 11.8 Å². The summed E-state index contributed by atoms with van der Waals surface area (Å²) >= 11 is 0. The number of carbonyl (C=O) groups excluding carboxylic acids is 1. The van der Waals surface area contributed by atoms with Gasteiger partial charge in [-0.15, -0.1) is 0 Å². The van der Waals surface area contributed by atoms with E-state index < -0.39 is 0 Å². The number of hydrogen-bond donors (Lipinski definition) is 0. The molecule has 0 saturated heterocycles. The summed E-state index contributed by atoms with van der Waals surface area (Å²) in [5.74, 6) is 1.00. The summed E-state index contributed by atoms with van der Waals surface area (Å²) in [6.07, 6.45) is 5.34. The van der Waals surface area contributed by atoms with Crippen LogP contribution >= 0.6 is 0 Å². The summed E-state index contributed by atoms with van der Waals surface area (Å²) in [7, 11) is 0. The third kappa shape index (κ3) is 4.51. The maximum atomic E-state index is 14.3. The molecule has 0 atom stereocenters. The van der Waals surface area contributed by atoms with E-state index in [4.69, 9.17) is 5.10 Å². The van der Waals surface area contributed by atoms with Crippen molar-refractivity contribution in [3.63, 3.8) is 0 Å². The lowest BCUT2D eigenvalue weighted by atomic mass is 10.0. The van der Waals surface area contributed by atoms with Crippen molar-refractivity contribution < 1.29 is 9.18 Å². The van der Waals surface area contributed by atoms with Gasteiger partial charge in [0.05, 0.1) is 23.6 Å². The number of carbonyl (C=O) groups is 1. The minimum absolute atomic E-state index is 0.154. The largest absolute Gasteiger partial charge is 0.336 e. The Bertz CT molecular complexity index is 1180. The van der Waals surface area contributed by atoms with E-state index in [2.05, 4.69) is 26.6 Å². The van der Waals surface area contributed by atoms with Crippen molar-refractivity contribution in [2.45, 2.75) is 51.7 Å². The summed E-state index contributed by atoms with van der Waals surface area (Å²) < 4.78 is 16.4. The second-order valence-corrected chi connectivity index (χ2v) is 10.1. The molecule has 1 aliphatic heterocycles. The molecule has 0 N–H and O–H groups in total. The molecule has 2 fully saturated rings. The van der Waals surface area contributed by atoms with Gasteiger partial charge in [-0.25, -0.2) is 9.07 Å². The standard InChI is InChI=1S/C28H31FN4O/c29-25-9-5-4-6-22(25)17-31-15-14-27-24(18-31)26(30-33(27)23-7-2-1-3-8-23)19-32(16-20-10-11-20)28(34)21-12-13-21/h1-9,20-21H,10-19H2. The zero-order valence-electron chi connectivity index (χ0n) is 19.5. The van der Waals surface area contributed by atoms with E-state index >= 15 is 0 Å². The molecule has 3 aliphatic rings. The van der Waals surface area contributed by atoms with E-state index in [9.17, 15) is 9.18 Å². The van der Waals surface area contributed by atoms with Crippen LogP contribution in [0.1, 0.15) is 48.2 Å². The van der Waals surface area contributed by atoms with Gasteiger partial charge in [0.1, 0.15) is 5.82 Å². The fourth-order valence-corrected chi connectivity index (χ4v) is 5.07. The zero-order valence-corrected chi connectivity index (χ0v) is 19.5. The highest BCUT2D eigenvalue weighted by Crippen LogP contribution is 2.36. The maximum absolute atomic E-state index is 14.3. The second kappa shape index (κ2) is 8.99. The second-order valence-electron chi connectivity index (χ2n) is 10.1. The summed E-state index contributed by atoms with van der Waals surface area (Å²) in [5, 5.41) is 5.07. The van der Waals surface area contributed by atoms with E-state index in [0.29, 0.717) is 24.9 Å². The number of hydrogen-bond acceptors (Lipinski definition) is 3. The molecule has 2 aromatic carbocycles. The fourth-order valence-electron chi connectivity index (χ4n) is 5.07. The number of benzene rings is 2. The first-order chi connectivity index (χ1) is 16.7.